The molecule has 0 radical (unpaired) electrons. The molecule has 1 fully saturated rings. The van der Waals surface area contributed by atoms with Gasteiger partial charge in [-0.05, 0) is 44.0 Å². The number of rotatable bonds is 4. The smallest absolute Gasteiger partial charge is 0.137 e. The van der Waals surface area contributed by atoms with Crippen LogP contribution in [-0.2, 0) is 4.74 Å². The van der Waals surface area contributed by atoms with Crippen molar-refractivity contribution in [1.82, 2.24) is 5.32 Å². The topological polar surface area (TPSA) is 30.5 Å². The molecule has 100 valence electrons. The highest BCUT2D eigenvalue weighted by Crippen LogP contribution is 2.23. The van der Waals surface area contributed by atoms with E-state index in [1.54, 1.807) is 0 Å². The van der Waals surface area contributed by atoms with Crippen molar-refractivity contribution in [2.75, 3.05) is 19.8 Å². The first-order chi connectivity index (χ1) is 8.70. The molecule has 1 aliphatic rings. The Bertz CT molecular complexity index is 390. The first kappa shape index (κ1) is 13.4. The predicted molar refractivity (Wildman–Crippen MR) is 73.2 cm³/mol. The number of ether oxygens (including phenoxy) is 2. The number of hydrogen-bond acceptors (Lipinski definition) is 3. The zero-order valence-electron chi connectivity index (χ0n) is 11.5. The van der Waals surface area contributed by atoms with Gasteiger partial charge in [0.2, 0.25) is 0 Å². The van der Waals surface area contributed by atoms with Crippen molar-refractivity contribution in [3.05, 3.63) is 29.3 Å². The van der Waals surface area contributed by atoms with Gasteiger partial charge in [-0.1, -0.05) is 19.1 Å². The summed E-state index contributed by atoms with van der Waals surface area (Å²) in [6, 6.07) is 6.72. The lowest BCUT2D eigenvalue weighted by Gasteiger charge is -2.32. The number of benzene rings is 1. The average molecular weight is 249 g/mol. The molecule has 1 aromatic rings. The largest absolute Gasteiger partial charge is 0.486 e. The van der Waals surface area contributed by atoms with Crippen molar-refractivity contribution in [3.8, 4) is 5.75 Å². The van der Waals surface area contributed by atoms with E-state index in [1.807, 2.05) is 0 Å². The molecular weight excluding hydrogens is 226 g/mol. The van der Waals surface area contributed by atoms with Crippen LogP contribution in [0, 0.1) is 13.8 Å². The molecule has 1 saturated heterocycles. The Balaban J connectivity index is 2.08. The van der Waals surface area contributed by atoms with E-state index >= 15 is 0 Å². The number of hydrogen-bond donors (Lipinski definition) is 1. The fourth-order valence-corrected chi connectivity index (χ4v) is 2.32. The van der Waals surface area contributed by atoms with Crippen LogP contribution in [0.25, 0.3) is 0 Å². The van der Waals surface area contributed by atoms with Crippen molar-refractivity contribution >= 4 is 0 Å². The second-order valence-electron chi connectivity index (χ2n) is 4.95. The fourth-order valence-electron chi connectivity index (χ4n) is 2.32. The molecule has 3 heteroatoms. The zero-order chi connectivity index (χ0) is 13.0. The van der Waals surface area contributed by atoms with E-state index in [9.17, 15) is 0 Å². The minimum absolute atomic E-state index is 0.110. The fraction of sp³-hybridized carbons (Fsp3) is 0.600. The highest BCUT2D eigenvalue weighted by molar-refractivity contribution is 5.36. The molecule has 0 aromatic heterocycles. The van der Waals surface area contributed by atoms with E-state index in [0.717, 1.165) is 25.3 Å². The second-order valence-corrected chi connectivity index (χ2v) is 4.95. The molecule has 1 N–H and O–H groups in total. The molecule has 2 atom stereocenters. The minimum atomic E-state index is 0.110. The molecule has 18 heavy (non-hydrogen) atoms. The van der Waals surface area contributed by atoms with Crippen LogP contribution >= 0.6 is 0 Å². The van der Waals surface area contributed by atoms with Gasteiger partial charge in [-0.3, -0.25) is 0 Å². The van der Waals surface area contributed by atoms with Crippen LogP contribution < -0.4 is 10.1 Å². The Hall–Kier alpha value is -1.06. The molecule has 2 unspecified atom stereocenters. The van der Waals surface area contributed by atoms with Crippen LogP contribution in [0.4, 0.5) is 0 Å². The summed E-state index contributed by atoms with van der Waals surface area (Å²) in [7, 11) is 0. The molecular formula is C15H23NO2. The Morgan fingerprint density at radius 1 is 1.39 bits per heavy atom. The van der Waals surface area contributed by atoms with Gasteiger partial charge in [-0.25, -0.2) is 0 Å². The van der Waals surface area contributed by atoms with Crippen molar-refractivity contribution in [2.24, 2.45) is 0 Å². The third-order valence-corrected chi connectivity index (χ3v) is 3.39. The predicted octanol–water partition coefficient (Wildman–Crippen LogP) is 2.45. The van der Waals surface area contributed by atoms with Gasteiger partial charge in [0.1, 0.15) is 11.9 Å². The quantitative estimate of drug-likeness (QED) is 0.889. The van der Waals surface area contributed by atoms with E-state index in [4.69, 9.17) is 9.47 Å². The van der Waals surface area contributed by atoms with E-state index in [-0.39, 0.29) is 6.10 Å². The molecule has 0 amide bonds. The lowest BCUT2D eigenvalue weighted by molar-refractivity contribution is -0.0145. The maximum atomic E-state index is 6.14. The van der Waals surface area contributed by atoms with Crippen molar-refractivity contribution < 1.29 is 9.47 Å². The highest BCUT2D eigenvalue weighted by atomic mass is 16.5. The Kier molecular flexibility index (Phi) is 4.61. The van der Waals surface area contributed by atoms with Crippen LogP contribution in [0.15, 0.2) is 18.2 Å². The molecule has 1 aromatic carbocycles. The van der Waals surface area contributed by atoms with Gasteiger partial charge >= 0.3 is 0 Å². The lowest BCUT2D eigenvalue weighted by atomic mass is 10.1. The summed E-state index contributed by atoms with van der Waals surface area (Å²) < 4.78 is 11.7. The molecule has 3 nitrogen and oxygen atoms in total. The summed E-state index contributed by atoms with van der Waals surface area (Å²) in [6.07, 6.45) is 1.13. The van der Waals surface area contributed by atoms with Crippen LogP contribution in [0.5, 0.6) is 5.75 Å². The highest BCUT2D eigenvalue weighted by Gasteiger charge is 2.27. The summed E-state index contributed by atoms with van der Waals surface area (Å²) in [5.74, 6) is 0.980. The lowest BCUT2D eigenvalue weighted by Crippen LogP contribution is -2.49. The van der Waals surface area contributed by atoms with Crippen molar-refractivity contribution in [3.63, 3.8) is 0 Å². The van der Waals surface area contributed by atoms with Gasteiger partial charge in [0.05, 0.1) is 6.61 Å². The Morgan fingerprint density at radius 2 is 2.22 bits per heavy atom. The first-order valence-corrected chi connectivity index (χ1v) is 6.75. The van der Waals surface area contributed by atoms with Gasteiger partial charge in [0, 0.05) is 12.6 Å². The monoisotopic (exact) mass is 249 g/mol. The van der Waals surface area contributed by atoms with E-state index < -0.39 is 0 Å². The SMILES string of the molecule is CCNC1CCOCC1Oc1cc(C)ccc1C. The molecule has 0 aliphatic carbocycles. The number of likely N-dealkylation sites (N-methyl/N-ethyl adjacent to an activating group) is 1. The molecule has 1 aliphatic heterocycles. The maximum Gasteiger partial charge on any atom is 0.137 e. The zero-order valence-corrected chi connectivity index (χ0v) is 11.5. The second kappa shape index (κ2) is 6.21. The summed E-state index contributed by atoms with van der Waals surface area (Å²) in [6.45, 7) is 8.77. The minimum Gasteiger partial charge on any atom is -0.486 e. The number of aryl methyl sites for hydroxylation is 2. The third-order valence-electron chi connectivity index (χ3n) is 3.39. The molecule has 2 rings (SSSR count). The van der Waals surface area contributed by atoms with Gasteiger partial charge in [0.25, 0.3) is 0 Å². The van der Waals surface area contributed by atoms with E-state index in [0.29, 0.717) is 12.6 Å². The summed E-state index contributed by atoms with van der Waals surface area (Å²) in [5.41, 5.74) is 2.41. The van der Waals surface area contributed by atoms with Crippen LogP contribution in [-0.4, -0.2) is 31.9 Å². The maximum absolute atomic E-state index is 6.14. The van der Waals surface area contributed by atoms with Crippen LogP contribution in [0.3, 0.4) is 0 Å². The van der Waals surface area contributed by atoms with E-state index in [2.05, 4.69) is 44.3 Å². The molecule has 0 saturated carbocycles. The molecule has 0 spiro atoms. The molecule has 1 heterocycles. The van der Waals surface area contributed by atoms with Gasteiger partial charge in [-0.2, -0.15) is 0 Å². The Labute approximate surface area is 109 Å². The summed E-state index contributed by atoms with van der Waals surface area (Å²) in [4.78, 5) is 0. The number of nitrogens with one attached hydrogen (secondary N) is 1. The summed E-state index contributed by atoms with van der Waals surface area (Å²) >= 11 is 0. The van der Waals surface area contributed by atoms with E-state index in [1.165, 1.54) is 11.1 Å². The van der Waals surface area contributed by atoms with Crippen LogP contribution in [0.2, 0.25) is 0 Å². The Morgan fingerprint density at radius 3 is 3.00 bits per heavy atom. The third kappa shape index (κ3) is 3.24. The van der Waals surface area contributed by atoms with Gasteiger partial charge in [-0.15, -0.1) is 0 Å². The van der Waals surface area contributed by atoms with Gasteiger partial charge in [0.15, 0.2) is 0 Å². The van der Waals surface area contributed by atoms with Gasteiger partial charge < -0.3 is 14.8 Å². The summed E-state index contributed by atoms with van der Waals surface area (Å²) in [5, 5.41) is 3.48. The molecule has 0 bridgehead atoms. The van der Waals surface area contributed by atoms with Crippen molar-refractivity contribution in [1.29, 1.82) is 0 Å². The average Bonchev–Trinajstić information content (AvgIpc) is 2.36. The first-order valence-electron chi connectivity index (χ1n) is 6.75. The normalized spacial score (nSPS) is 23.9. The van der Waals surface area contributed by atoms with Crippen molar-refractivity contribution in [2.45, 2.75) is 39.3 Å². The van der Waals surface area contributed by atoms with Crippen LogP contribution in [0.1, 0.15) is 24.5 Å². The standard InChI is InChI=1S/C15H23NO2/c1-4-16-13-7-8-17-10-15(13)18-14-9-11(2)5-6-12(14)3/h5-6,9,13,15-16H,4,7-8,10H2,1-3H3.